The van der Waals surface area contributed by atoms with Crippen LogP contribution >= 0.6 is 0 Å². The quantitative estimate of drug-likeness (QED) is 0.0546. The smallest absolute Gasteiger partial charge is 0.227 e. The van der Waals surface area contributed by atoms with Crippen LogP contribution in [0.2, 0.25) is 0 Å². The van der Waals surface area contributed by atoms with Crippen LogP contribution in [0.5, 0.6) is 0 Å². The average Bonchev–Trinajstić information content (AvgIpc) is 3.90. The first kappa shape index (κ1) is 46.5. The first-order valence-electron chi connectivity index (χ1n) is 21.1. The average molecular weight is 873 g/mol. The van der Waals surface area contributed by atoms with Crippen LogP contribution in [-0.2, 0) is 9.59 Å². The van der Waals surface area contributed by atoms with Crippen molar-refractivity contribution in [2.75, 3.05) is 10.6 Å². The third kappa shape index (κ3) is 11.7. The Balaban J connectivity index is 0.000000215. The van der Waals surface area contributed by atoms with Crippen molar-refractivity contribution in [2.45, 2.75) is 59.8 Å². The minimum Gasteiger partial charge on any atom is -0.324 e. The van der Waals surface area contributed by atoms with E-state index in [1.165, 1.54) is 36.4 Å². The highest BCUT2D eigenvalue weighted by atomic mass is 19.1. The summed E-state index contributed by atoms with van der Waals surface area (Å²) in [6, 6.07) is 25.6. The van der Waals surface area contributed by atoms with Gasteiger partial charge >= 0.3 is 0 Å². The Bertz CT molecular complexity index is 2830. The molecule has 0 saturated heterocycles. The van der Waals surface area contributed by atoms with Gasteiger partial charge in [-0.1, -0.05) is 65.0 Å². The second-order valence-electron chi connectivity index (χ2n) is 15.1. The van der Waals surface area contributed by atoms with Crippen molar-refractivity contribution >= 4 is 42.6 Å². The van der Waals surface area contributed by atoms with Crippen molar-refractivity contribution in [2.24, 2.45) is 0 Å². The molecule has 12 nitrogen and oxygen atoms in total. The van der Waals surface area contributed by atoms with Gasteiger partial charge in [-0.15, -0.1) is 0 Å². The number of carbonyl (C=O) groups excluding carboxylic acids is 2. The molecule has 2 N–H and O–H groups in total. The van der Waals surface area contributed by atoms with Crippen molar-refractivity contribution in [3.63, 3.8) is 0 Å². The van der Waals surface area contributed by atoms with E-state index in [1.54, 1.807) is 61.2 Å². The maximum Gasteiger partial charge on any atom is 0.227 e. The van der Waals surface area contributed by atoms with Gasteiger partial charge in [-0.25, -0.2) is 38.7 Å². The van der Waals surface area contributed by atoms with Crippen LogP contribution in [0.15, 0.2) is 139 Å². The fraction of sp³-hybridized carbons (Fsp3) is 0.176. The van der Waals surface area contributed by atoms with Crippen LogP contribution < -0.4 is 10.6 Å². The minimum atomic E-state index is -0.327. The summed E-state index contributed by atoms with van der Waals surface area (Å²) in [5.74, 6) is 1.88. The number of aromatic nitrogens is 8. The van der Waals surface area contributed by atoms with Gasteiger partial charge in [0, 0.05) is 59.1 Å². The van der Waals surface area contributed by atoms with Crippen molar-refractivity contribution in [3.8, 4) is 45.3 Å². The summed E-state index contributed by atoms with van der Waals surface area (Å²) in [7, 11) is 0. The molecule has 0 aliphatic carbocycles. The van der Waals surface area contributed by atoms with E-state index in [9.17, 15) is 18.4 Å². The van der Waals surface area contributed by atoms with Gasteiger partial charge in [-0.3, -0.25) is 9.59 Å². The Hall–Kier alpha value is -8.00. The van der Waals surface area contributed by atoms with E-state index in [1.807, 2.05) is 86.2 Å². The molecule has 0 spiro atoms. The van der Waals surface area contributed by atoms with E-state index in [0.29, 0.717) is 52.9 Å². The highest BCUT2D eigenvalue weighted by Gasteiger charge is 2.24. The molecule has 0 saturated carbocycles. The molecule has 4 aromatic heterocycles. The fourth-order valence-corrected chi connectivity index (χ4v) is 6.71. The van der Waals surface area contributed by atoms with Crippen molar-refractivity contribution in [1.82, 2.24) is 39.0 Å². The van der Waals surface area contributed by atoms with Crippen LogP contribution in [0.1, 0.15) is 71.4 Å². The third-order valence-electron chi connectivity index (χ3n) is 9.70. The molecular weight excluding hydrogens is 823 g/mol. The summed E-state index contributed by atoms with van der Waals surface area (Å²) in [5, 5.41) is 6.42. The standard InChI is InChI=1S/C26H28FN5O.C25H22FN5O/c1-5-7-9-21(6-2)29-26-28-15-14-22(30-26)23-24(19-10-12-20(27)13-11-19)32(16-8-17-33)25(31-23)18(3)4;1-17(2)24-30-22(18-9-11-19(26)12-10-18)23(31(24)15-6-16-32)21-13-14-27-25(29-21)28-20-7-4-3-5-8-20/h6-18H,5H2,1-4H3,(H,28,29,30);3-17H,1-2H3,(H,27,28,29)/b9-7-,16-8+,21-6+;15-6+. The molecule has 65 heavy (non-hydrogen) atoms. The van der Waals surface area contributed by atoms with E-state index in [4.69, 9.17) is 19.9 Å². The molecule has 0 aliphatic rings. The van der Waals surface area contributed by atoms with E-state index in [2.05, 4.69) is 33.6 Å². The molecule has 330 valence electrons. The first-order valence-corrected chi connectivity index (χ1v) is 21.1. The zero-order chi connectivity index (χ0) is 46.3. The number of benzene rings is 3. The molecule has 0 atom stereocenters. The molecule has 14 heteroatoms. The first-order chi connectivity index (χ1) is 31.5. The van der Waals surface area contributed by atoms with Crippen molar-refractivity contribution in [1.29, 1.82) is 0 Å². The number of carbonyl (C=O) groups is 2. The second kappa shape index (κ2) is 22.4. The predicted octanol–water partition coefficient (Wildman–Crippen LogP) is 11.9. The van der Waals surface area contributed by atoms with Gasteiger partial charge in [-0.2, -0.15) is 0 Å². The van der Waals surface area contributed by atoms with Gasteiger partial charge in [0.1, 0.15) is 41.5 Å². The summed E-state index contributed by atoms with van der Waals surface area (Å²) >= 11 is 0. The van der Waals surface area contributed by atoms with Crippen molar-refractivity contribution in [3.05, 3.63) is 163 Å². The molecular formula is C51H50F2N10O2. The molecule has 0 aliphatic heterocycles. The molecule has 7 aromatic rings. The summed E-state index contributed by atoms with van der Waals surface area (Å²) in [4.78, 5) is 50.0. The normalized spacial score (nSPS) is 11.8. The lowest BCUT2D eigenvalue weighted by molar-refractivity contribution is -0.104. The molecule has 0 radical (unpaired) electrons. The van der Waals surface area contributed by atoms with Gasteiger partial charge in [0.05, 0.1) is 28.5 Å². The largest absolute Gasteiger partial charge is 0.324 e. The Morgan fingerprint density at radius 2 is 1.18 bits per heavy atom. The Morgan fingerprint density at radius 3 is 1.75 bits per heavy atom. The van der Waals surface area contributed by atoms with E-state index < -0.39 is 0 Å². The number of nitrogens with one attached hydrogen (secondary N) is 2. The summed E-state index contributed by atoms with van der Waals surface area (Å²) < 4.78 is 30.9. The van der Waals surface area contributed by atoms with Gasteiger partial charge < -0.3 is 19.8 Å². The zero-order valence-corrected chi connectivity index (χ0v) is 37.0. The lowest BCUT2D eigenvalue weighted by atomic mass is 10.1. The molecule has 0 unspecified atom stereocenters. The van der Waals surface area contributed by atoms with E-state index >= 15 is 0 Å². The van der Waals surface area contributed by atoms with Gasteiger partial charge in [-0.05, 0) is 104 Å². The number of imidazole rings is 2. The monoisotopic (exact) mass is 872 g/mol. The van der Waals surface area contributed by atoms with Crippen LogP contribution in [0.4, 0.5) is 26.4 Å². The van der Waals surface area contributed by atoms with Crippen LogP contribution in [-0.4, -0.2) is 51.6 Å². The maximum atomic E-state index is 13.6. The summed E-state index contributed by atoms with van der Waals surface area (Å²) in [6.45, 7) is 12.1. The van der Waals surface area contributed by atoms with Gasteiger partial charge in [0.15, 0.2) is 0 Å². The molecule has 0 amide bonds. The molecule has 3 aromatic carbocycles. The summed E-state index contributed by atoms with van der Waals surface area (Å²) in [6.07, 6.45) is 17.8. The number of anilines is 3. The predicted molar refractivity (Wildman–Crippen MR) is 255 cm³/mol. The maximum absolute atomic E-state index is 13.6. The van der Waals surface area contributed by atoms with Crippen molar-refractivity contribution < 1.29 is 18.4 Å². The number of rotatable bonds is 16. The Labute approximate surface area is 377 Å². The SMILES string of the molecule is C/C=C(\C=C/CC)Nc1nccc(-c2nc(C(C)C)n(/C=C/C=O)c2-c2ccc(F)cc2)n1.CC(C)c1nc(-c2ccc(F)cc2)c(-c2ccnc(Nc3ccccc3)n2)n1/C=C/C=O. The number of hydrogen-bond donors (Lipinski definition) is 2. The Morgan fingerprint density at radius 1 is 0.646 bits per heavy atom. The third-order valence-corrected chi connectivity index (χ3v) is 9.70. The number of aldehydes is 2. The van der Waals surface area contributed by atoms with Crippen LogP contribution in [0, 0.1) is 11.6 Å². The molecule has 4 heterocycles. The lowest BCUT2D eigenvalue weighted by Crippen LogP contribution is -2.03. The van der Waals surface area contributed by atoms with Gasteiger partial charge in [0.2, 0.25) is 11.9 Å². The minimum absolute atomic E-state index is 0.0718. The lowest BCUT2D eigenvalue weighted by Gasteiger charge is -2.11. The van der Waals surface area contributed by atoms with E-state index in [-0.39, 0.29) is 23.5 Å². The Kier molecular flexibility index (Phi) is 16.0. The second-order valence-corrected chi connectivity index (χ2v) is 15.1. The number of allylic oxidation sites excluding steroid dienone is 5. The number of hydrogen-bond acceptors (Lipinski definition) is 10. The van der Waals surface area contributed by atoms with E-state index in [0.717, 1.165) is 46.3 Å². The highest BCUT2D eigenvalue weighted by Crippen LogP contribution is 2.36. The highest BCUT2D eigenvalue weighted by molar-refractivity contribution is 5.82. The molecule has 0 bridgehead atoms. The number of halogens is 2. The van der Waals surface area contributed by atoms with Gasteiger partial charge in [0.25, 0.3) is 0 Å². The number of nitrogens with zero attached hydrogens (tertiary/aromatic N) is 8. The topological polar surface area (TPSA) is 145 Å². The molecule has 7 rings (SSSR count). The van der Waals surface area contributed by atoms with Crippen LogP contribution in [0.3, 0.4) is 0 Å². The number of para-hydroxylation sites is 1. The summed E-state index contributed by atoms with van der Waals surface area (Å²) in [5.41, 5.74) is 7.17. The fourth-order valence-electron chi connectivity index (χ4n) is 6.71. The van der Waals surface area contributed by atoms with Crippen LogP contribution in [0.25, 0.3) is 57.7 Å². The zero-order valence-electron chi connectivity index (χ0n) is 37.0. The molecule has 0 fully saturated rings.